The number of nitrogens with zero attached hydrogens (tertiary/aromatic N) is 2. The number of rotatable bonds is 4. The Balaban J connectivity index is 2.55. The Labute approximate surface area is 88.5 Å². The number of hydrogen-bond acceptors (Lipinski definition) is 3. The SMILES string of the molecule is CCN[C@H]1CN(C(C)C)C[C@H]1N(C)C. The molecule has 3 heteroatoms. The summed E-state index contributed by atoms with van der Waals surface area (Å²) in [6, 6.07) is 1.97. The van der Waals surface area contributed by atoms with Crippen LogP contribution in [0.1, 0.15) is 20.8 Å². The Morgan fingerprint density at radius 3 is 2.43 bits per heavy atom. The fourth-order valence-corrected chi connectivity index (χ4v) is 2.22. The minimum absolute atomic E-state index is 0.636. The smallest absolute Gasteiger partial charge is 0.0383 e. The summed E-state index contributed by atoms with van der Waals surface area (Å²) in [5.74, 6) is 0. The number of nitrogens with one attached hydrogen (secondary N) is 1. The van der Waals surface area contributed by atoms with Gasteiger partial charge in [0.05, 0.1) is 0 Å². The fraction of sp³-hybridized carbons (Fsp3) is 1.00. The summed E-state index contributed by atoms with van der Waals surface area (Å²) in [6.45, 7) is 10.2. The van der Waals surface area contributed by atoms with Crippen molar-refractivity contribution >= 4 is 0 Å². The molecule has 1 fully saturated rings. The van der Waals surface area contributed by atoms with E-state index in [9.17, 15) is 0 Å². The summed E-state index contributed by atoms with van der Waals surface area (Å²) in [5, 5.41) is 3.58. The van der Waals surface area contributed by atoms with Gasteiger partial charge in [0.1, 0.15) is 0 Å². The van der Waals surface area contributed by atoms with Crippen molar-refractivity contribution in [2.45, 2.75) is 38.9 Å². The zero-order valence-electron chi connectivity index (χ0n) is 10.2. The van der Waals surface area contributed by atoms with E-state index in [-0.39, 0.29) is 0 Å². The van der Waals surface area contributed by atoms with Crippen LogP contribution in [0.5, 0.6) is 0 Å². The first-order valence-corrected chi connectivity index (χ1v) is 5.70. The molecule has 14 heavy (non-hydrogen) atoms. The van der Waals surface area contributed by atoms with Crippen molar-refractivity contribution in [3.05, 3.63) is 0 Å². The van der Waals surface area contributed by atoms with Crippen molar-refractivity contribution in [3.63, 3.8) is 0 Å². The third-order valence-corrected chi connectivity index (χ3v) is 3.18. The zero-order chi connectivity index (χ0) is 10.7. The predicted octanol–water partition coefficient (Wildman–Crippen LogP) is 0.619. The number of hydrogen-bond donors (Lipinski definition) is 1. The van der Waals surface area contributed by atoms with Gasteiger partial charge in [-0.05, 0) is 34.5 Å². The molecule has 0 aromatic heterocycles. The van der Waals surface area contributed by atoms with Crippen molar-refractivity contribution < 1.29 is 0 Å². The molecule has 0 spiro atoms. The maximum Gasteiger partial charge on any atom is 0.0383 e. The number of likely N-dealkylation sites (N-methyl/N-ethyl adjacent to an activating group) is 2. The van der Waals surface area contributed by atoms with Gasteiger partial charge in [-0.3, -0.25) is 4.90 Å². The van der Waals surface area contributed by atoms with Crippen LogP contribution in [0, 0.1) is 0 Å². The van der Waals surface area contributed by atoms with E-state index in [1.165, 1.54) is 13.1 Å². The van der Waals surface area contributed by atoms with Crippen molar-refractivity contribution in [1.82, 2.24) is 15.1 Å². The Hall–Kier alpha value is -0.120. The van der Waals surface area contributed by atoms with E-state index in [0.29, 0.717) is 18.1 Å². The Bertz CT molecular complexity index is 168. The first-order valence-electron chi connectivity index (χ1n) is 5.70. The summed E-state index contributed by atoms with van der Waals surface area (Å²) >= 11 is 0. The molecule has 3 nitrogen and oxygen atoms in total. The van der Waals surface area contributed by atoms with Gasteiger partial charge in [-0.1, -0.05) is 6.92 Å². The second kappa shape index (κ2) is 5.10. The molecule has 0 amide bonds. The molecule has 1 aliphatic rings. The normalized spacial score (nSPS) is 29.4. The summed E-state index contributed by atoms with van der Waals surface area (Å²) in [6.07, 6.45) is 0. The van der Waals surface area contributed by atoms with Gasteiger partial charge < -0.3 is 10.2 Å². The number of likely N-dealkylation sites (tertiary alicyclic amines) is 1. The molecule has 0 aromatic carbocycles. The molecule has 1 saturated heterocycles. The van der Waals surface area contributed by atoms with Crippen LogP contribution >= 0.6 is 0 Å². The standard InChI is InChI=1S/C11H25N3/c1-6-12-10-7-14(9(2)3)8-11(10)13(4)5/h9-12H,6-8H2,1-5H3/t10-,11+/m0/s1. The van der Waals surface area contributed by atoms with Gasteiger partial charge in [-0.2, -0.15) is 0 Å². The zero-order valence-corrected chi connectivity index (χ0v) is 10.2. The van der Waals surface area contributed by atoms with Gasteiger partial charge in [0, 0.05) is 31.2 Å². The highest BCUT2D eigenvalue weighted by molar-refractivity contribution is 4.94. The van der Waals surface area contributed by atoms with Gasteiger partial charge in [0.2, 0.25) is 0 Å². The summed E-state index contributed by atoms with van der Waals surface area (Å²) < 4.78 is 0. The van der Waals surface area contributed by atoms with Crippen molar-refractivity contribution in [3.8, 4) is 0 Å². The molecule has 0 radical (unpaired) electrons. The molecule has 1 heterocycles. The van der Waals surface area contributed by atoms with Crippen LogP contribution in [0.3, 0.4) is 0 Å². The molecule has 0 saturated carbocycles. The van der Waals surface area contributed by atoms with Crippen LogP contribution in [0.2, 0.25) is 0 Å². The highest BCUT2D eigenvalue weighted by Crippen LogP contribution is 2.16. The van der Waals surface area contributed by atoms with E-state index in [0.717, 1.165) is 6.54 Å². The first kappa shape index (κ1) is 12.0. The maximum atomic E-state index is 3.58. The summed E-state index contributed by atoms with van der Waals surface area (Å²) in [7, 11) is 4.36. The van der Waals surface area contributed by atoms with Gasteiger partial charge in [0.25, 0.3) is 0 Å². The third kappa shape index (κ3) is 2.69. The minimum atomic E-state index is 0.636. The monoisotopic (exact) mass is 199 g/mol. The highest BCUT2D eigenvalue weighted by Gasteiger charge is 2.34. The minimum Gasteiger partial charge on any atom is -0.311 e. The molecular formula is C11H25N3. The maximum absolute atomic E-state index is 3.58. The Morgan fingerprint density at radius 1 is 1.36 bits per heavy atom. The van der Waals surface area contributed by atoms with Gasteiger partial charge in [-0.25, -0.2) is 0 Å². The van der Waals surface area contributed by atoms with Gasteiger partial charge >= 0.3 is 0 Å². The molecule has 0 bridgehead atoms. The summed E-state index contributed by atoms with van der Waals surface area (Å²) in [4.78, 5) is 4.90. The van der Waals surface area contributed by atoms with Crippen LogP contribution in [-0.4, -0.2) is 61.7 Å². The van der Waals surface area contributed by atoms with E-state index in [2.05, 4.69) is 50.0 Å². The van der Waals surface area contributed by atoms with Gasteiger partial charge in [-0.15, -0.1) is 0 Å². The molecule has 2 atom stereocenters. The van der Waals surface area contributed by atoms with Crippen LogP contribution in [0.25, 0.3) is 0 Å². The van der Waals surface area contributed by atoms with Crippen LogP contribution in [0.4, 0.5) is 0 Å². The Kier molecular flexibility index (Phi) is 4.35. The average Bonchev–Trinajstić information content (AvgIpc) is 2.49. The molecule has 0 unspecified atom stereocenters. The Morgan fingerprint density at radius 2 is 2.00 bits per heavy atom. The van der Waals surface area contributed by atoms with E-state index in [1.54, 1.807) is 0 Å². The first-order chi connectivity index (χ1) is 6.56. The van der Waals surface area contributed by atoms with Crippen molar-refractivity contribution in [1.29, 1.82) is 0 Å². The third-order valence-electron chi connectivity index (χ3n) is 3.18. The van der Waals surface area contributed by atoms with Crippen LogP contribution < -0.4 is 5.32 Å². The lowest BCUT2D eigenvalue weighted by molar-refractivity contribution is 0.234. The van der Waals surface area contributed by atoms with Crippen molar-refractivity contribution in [2.24, 2.45) is 0 Å². The highest BCUT2D eigenvalue weighted by atomic mass is 15.3. The largest absolute Gasteiger partial charge is 0.311 e. The molecular weight excluding hydrogens is 174 g/mol. The molecule has 1 rings (SSSR count). The topological polar surface area (TPSA) is 18.5 Å². The van der Waals surface area contributed by atoms with Crippen molar-refractivity contribution in [2.75, 3.05) is 33.7 Å². The van der Waals surface area contributed by atoms with E-state index in [1.807, 2.05) is 0 Å². The predicted molar refractivity (Wildman–Crippen MR) is 61.6 cm³/mol. The second-order valence-corrected chi connectivity index (χ2v) is 4.74. The molecule has 1 aliphatic heterocycles. The molecule has 0 aromatic rings. The lowest BCUT2D eigenvalue weighted by Gasteiger charge is -2.25. The lowest BCUT2D eigenvalue weighted by Crippen LogP contribution is -2.46. The average molecular weight is 199 g/mol. The van der Waals surface area contributed by atoms with Crippen LogP contribution in [0.15, 0.2) is 0 Å². The second-order valence-electron chi connectivity index (χ2n) is 4.74. The summed E-state index contributed by atoms with van der Waals surface area (Å²) in [5.41, 5.74) is 0. The van der Waals surface area contributed by atoms with Crippen LogP contribution in [-0.2, 0) is 0 Å². The van der Waals surface area contributed by atoms with E-state index >= 15 is 0 Å². The fourth-order valence-electron chi connectivity index (χ4n) is 2.22. The molecule has 84 valence electrons. The van der Waals surface area contributed by atoms with E-state index < -0.39 is 0 Å². The van der Waals surface area contributed by atoms with E-state index in [4.69, 9.17) is 0 Å². The quantitative estimate of drug-likeness (QED) is 0.716. The lowest BCUT2D eigenvalue weighted by atomic mass is 10.1. The molecule has 1 N–H and O–H groups in total. The van der Waals surface area contributed by atoms with Gasteiger partial charge in [0.15, 0.2) is 0 Å². The molecule has 0 aliphatic carbocycles.